The standard InChI is InChI=1S/C31H33FN2O2S/c1-4-36-29(35)18-19-34(21-23-8-6-5-7-9-23)31-33-30(28(37-31)20-22(2)3)26-12-10-24(11-13-26)25-14-16-27(32)17-15-25/h5-17,22H,4,18-21H2,1-3H3. The van der Waals surface area contributed by atoms with Crippen LogP contribution in [0.2, 0.25) is 0 Å². The quantitative estimate of drug-likeness (QED) is 0.191. The molecule has 0 N–H and O–H groups in total. The molecule has 37 heavy (non-hydrogen) atoms. The van der Waals surface area contributed by atoms with E-state index in [4.69, 9.17) is 9.72 Å². The van der Waals surface area contributed by atoms with Crippen molar-refractivity contribution in [2.24, 2.45) is 5.92 Å². The molecule has 0 fully saturated rings. The summed E-state index contributed by atoms with van der Waals surface area (Å²) < 4.78 is 18.5. The normalized spacial score (nSPS) is 11.1. The molecule has 1 aromatic heterocycles. The lowest BCUT2D eigenvalue weighted by Crippen LogP contribution is -2.26. The van der Waals surface area contributed by atoms with Crippen molar-refractivity contribution in [3.63, 3.8) is 0 Å². The van der Waals surface area contributed by atoms with Crippen molar-refractivity contribution < 1.29 is 13.9 Å². The van der Waals surface area contributed by atoms with Gasteiger partial charge in [-0.1, -0.05) is 80.6 Å². The lowest BCUT2D eigenvalue weighted by atomic mass is 10.0. The van der Waals surface area contributed by atoms with Crippen LogP contribution >= 0.6 is 11.3 Å². The van der Waals surface area contributed by atoms with Crippen LogP contribution in [0, 0.1) is 11.7 Å². The highest BCUT2D eigenvalue weighted by Gasteiger charge is 2.20. The predicted octanol–water partition coefficient (Wildman–Crippen LogP) is 7.77. The van der Waals surface area contributed by atoms with Gasteiger partial charge in [0, 0.05) is 23.5 Å². The first-order chi connectivity index (χ1) is 17.9. The summed E-state index contributed by atoms with van der Waals surface area (Å²) >= 11 is 1.70. The minimum Gasteiger partial charge on any atom is -0.466 e. The lowest BCUT2D eigenvalue weighted by Gasteiger charge is -2.21. The summed E-state index contributed by atoms with van der Waals surface area (Å²) in [5.74, 6) is 0.0421. The Bertz CT molecular complexity index is 1290. The molecule has 0 aliphatic carbocycles. The second-order valence-electron chi connectivity index (χ2n) is 9.41. The summed E-state index contributed by atoms with van der Waals surface area (Å²) in [6.07, 6.45) is 1.23. The molecule has 3 aromatic carbocycles. The number of halogens is 1. The average molecular weight is 517 g/mol. The second kappa shape index (κ2) is 12.6. The number of anilines is 1. The van der Waals surface area contributed by atoms with Crippen molar-refractivity contribution in [3.05, 3.63) is 95.1 Å². The van der Waals surface area contributed by atoms with Gasteiger partial charge in [0.25, 0.3) is 0 Å². The maximum absolute atomic E-state index is 13.3. The van der Waals surface area contributed by atoms with Crippen LogP contribution < -0.4 is 4.90 Å². The van der Waals surface area contributed by atoms with E-state index in [0.29, 0.717) is 32.0 Å². The highest BCUT2D eigenvalue weighted by Crippen LogP contribution is 2.36. The van der Waals surface area contributed by atoms with Crippen LogP contribution in [0.3, 0.4) is 0 Å². The summed E-state index contributed by atoms with van der Waals surface area (Å²) in [5, 5.41) is 0.904. The zero-order chi connectivity index (χ0) is 26.2. The molecule has 0 unspecified atom stereocenters. The number of esters is 1. The molecule has 0 radical (unpaired) electrons. The Hall–Kier alpha value is -3.51. The molecule has 0 atom stereocenters. The summed E-state index contributed by atoms with van der Waals surface area (Å²) in [4.78, 5) is 20.7. The van der Waals surface area contributed by atoms with E-state index in [1.807, 2.05) is 25.1 Å². The number of carbonyl (C=O) groups is 1. The third-order valence-electron chi connectivity index (χ3n) is 5.99. The van der Waals surface area contributed by atoms with Crippen molar-refractivity contribution in [2.75, 3.05) is 18.1 Å². The molecule has 0 aliphatic rings. The first-order valence-corrected chi connectivity index (χ1v) is 13.5. The Morgan fingerprint density at radius 1 is 0.946 bits per heavy atom. The fraction of sp³-hybridized carbons (Fsp3) is 0.290. The van der Waals surface area contributed by atoms with Crippen molar-refractivity contribution >= 4 is 22.4 Å². The first kappa shape index (κ1) is 26.6. The Labute approximate surface area is 222 Å². The smallest absolute Gasteiger partial charge is 0.307 e. The average Bonchev–Trinajstić information content (AvgIpc) is 3.31. The zero-order valence-corrected chi connectivity index (χ0v) is 22.4. The van der Waals surface area contributed by atoms with Crippen LogP contribution in [0.1, 0.15) is 37.6 Å². The first-order valence-electron chi connectivity index (χ1n) is 12.7. The van der Waals surface area contributed by atoms with Crippen LogP contribution in [0.15, 0.2) is 78.9 Å². The van der Waals surface area contributed by atoms with E-state index in [1.54, 1.807) is 23.5 Å². The van der Waals surface area contributed by atoms with Gasteiger partial charge in [0.15, 0.2) is 5.13 Å². The molecular formula is C31H33FN2O2S. The van der Waals surface area contributed by atoms with Crippen molar-refractivity contribution in [1.82, 2.24) is 4.98 Å². The summed E-state index contributed by atoms with van der Waals surface area (Å²) in [5.41, 5.74) is 5.20. The SMILES string of the molecule is CCOC(=O)CCN(Cc1ccccc1)c1nc(-c2ccc(-c3ccc(F)cc3)cc2)c(CC(C)C)s1. The molecule has 0 spiro atoms. The molecule has 4 rings (SSSR count). The summed E-state index contributed by atoms with van der Waals surface area (Å²) in [6, 6.07) is 25.1. The van der Waals surface area contributed by atoms with Crippen molar-refractivity contribution in [1.29, 1.82) is 0 Å². The van der Waals surface area contributed by atoms with E-state index in [1.165, 1.54) is 17.0 Å². The predicted molar refractivity (Wildman–Crippen MR) is 150 cm³/mol. The molecule has 4 aromatic rings. The summed E-state index contributed by atoms with van der Waals surface area (Å²) in [6.45, 7) is 7.83. The van der Waals surface area contributed by atoms with E-state index < -0.39 is 0 Å². The molecule has 0 saturated carbocycles. The van der Waals surface area contributed by atoms with Gasteiger partial charge in [-0.05, 0) is 48.1 Å². The fourth-order valence-electron chi connectivity index (χ4n) is 4.18. The van der Waals surface area contributed by atoms with Crippen LogP contribution in [0.5, 0.6) is 0 Å². The maximum atomic E-state index is 13.3. The molecule has 1 heterocycles. The number of rotatable bonds is 11. The fourth-order valence-corrected chi connectivity index (χ4v) is 5.50. The highest BCUT2D eigenvalue weighted by molar-refractivity contribution is 7.16. The van der Waals surface area contributed by atoms with Crippen LogP contribution in [-0.4, -0.2) is 24.1 Å². The molecule has 0 aliphatic heterocycles. The topological polar surface area (TPSA) is 42.4 Å². The van der Waals surface area contributed by atoms with Gasteiger partial charge in [0.2, 0.25) is 0 Å². The van der Waals surface area contributed by atoms with Crippen molar-refractivity contribution in [3.8, 4) is 22.4 Å². The zero-order valence-electron chi connectivity index (χ0n) is 21.6. The van der Waals surface area contributed by atoms with Gasteiger partial charge in [-0.2, -0.15) is 0 Å². The largest absolute Gasteiger partial charge is 0.466 e. The van der Waals surface area contributed by atoms with E-state index in [2.05, 4.69) is 55.1 Å². The second-order valence-corrected chi connectivity index (χ2v) is 10.5. The third-order valence-corrected chi connectivity index (χ3v) is 7.13. The van der Waals surface area contributed by atoms with Crippen LogP contribution in [0.25, 0.3) is 22.4 Å². The van der Waals surface area contributed by atoms with Gasteiger partial charge in [-0.25, -0.2) is 9.37 Å². The Morgan fingerprint density at radius 3 is 2.19 bits per heavy atom. The Morgan fingerprint density at radius 2 is 1.57 bits per heavy atom. The molecule has 4 nitrogen and oxygen atoms in total. The van der Waals surface area contributed by atoms with Crippen molar-refractivity contribution in [2.45, 2.75) is 40.2 Å². The Kier molecular flexibility index (Phi) is 9.07. The van der Waals surface area contributed by atoms with Gasteiger partial charge in [-0.3, -0.25) is 4.79 Å². The number of hydrogen-bond acceptors (Lipinski definition) is 5. The number of ether oxygens (including phenoxy) is 1. The number of carbonyl (C=O) groups excluding carboxylic acids is 1. The number of aromatic nitrogens is 1. The lowest BCUT2D eigenvalue weighted by molar-refractivity contribution is -0.142. The van der Waals surface area contributed by atoms with Gasteiger partial charge in [0.05, 0.1) is 18.7 Å². The maximum Gasteiger partial charge on any atom is 0.307 e. The molecule has 0 saturated heterocycles. The van der Waals surface area contributed by atoms with Crippen LogP contribution in [-0.2, 0) is 22.5 Å². The Balaban J connectivity index is 1.65. The molecular weight excluding hydrogens is 483 g/mol. The monoisotopic (exact) mass is 516 g/mol. The highest BCUT2D eigenvalue weighted by atomic mass is 32.1. The van der Waals surface area contributed by atoms with Gasteiger partial charge >= 0.3 is 5.97 Å². The van der Waals surface area contributed by atoms with E-state index in [9.17, 15) is 9.18 Å². The van der Waals surface area contributed by atoms with Gasteiger partial charge in [0.1, 0.15) is 5.82 Å². The molecule has 0 amide bonds. The number of thiazole rings is 1. The van der Waals surface area contributed by atoms with E-state index in [-0.39, 0.29) is 11.8 Å². The minimum absolute atomic E-state index is 0.198. The molecule has 0 bridgehead atoms. The minimum atomic E-state index is -0.239. The van der Waals surface area contributed by atoms with Crippen LogP contribution in [0.4, 0.5) is 9.52 Å². The van der Waals surface area contributed by atoms with E-state index in [0.717, 1.165) is 39.5 Å². The van der Waals surface area contributed by atoms with Gasteiger partial charge < -0.3 is 9.64 Å². The summed E-state index contributed by atoms with van der Waals surface area (Å²) in [7, 11) is 0. The molecule has 6 heteroatoms. The van der Waals surface area contributed by atoms with Gasteiger partial charge in [-0.15, -0.1) is 11.3 Å². The number of hydrogen-bond donors (Lipinski definition) is 0. The number of nitrogens with zero attached hydrogens (tertiary/aromatic N) is 2. The molecule has 192 valence electrons. The third kappa shape index (κ3) is 7.26. The van der Waals surface area contributed by atoms with E-state index >= 15 is 0 Å². The number of benzene rings is 3.